The van der Waals surface area contributed by atoms with Crippen LogP contribution in [-0.2, 0) is 0 Å². The summed E-state index contributed by atoms with van der Waals surface area (Å²) in [6, 6.07) is 12.5. The van der Waals surface area contributed by atoms with Crippen LogP contribution in [-0.4, -0.2) is 6.54 Å². The Hall–Kier alpha value is -1.90. The van der Waals surface area contributed by atoms with Crippen LogP contribution in [0.2, 0.25) is 0 Å². The predicted octanol–water partition coefficient (Wildman–Crippen LogP) is 3.25. The van der Waals surface area contributed by atoms with Crippen LogP contribution in [0.3, 0.4) is 0 Å². The fourth-order valence-electron chi connectivity index (χ4n) is 2.08. The van der Waals surface area contributed by atoms with Gasteiger partial charge in [0, 0.05) is 6.54 Å². The Morgan fingerprint density at radius 3 is 2.75 bits per heavy atom. The van der Waals surface area contributed by atoms with E-state index < -0.39 is 0 Å². The summed E-state index contributed by atoms with van der Waals surface area (Å²) < 4.78 is 5.45. The summed E-state index contributed by atoms with van der Waals surface area (Å²) in [5, 5.41) is 6.92. The number of furan rings is 1. The average molecular weight is 214 g/mol. The van der Waals surface area contributed by atoms with E-state index in [9.17, 15) is 0 Å². The van der Waals surface area contributed by atoms with E-state index in [-0.39, 0.29) is 6.04 Å². The topological polar surface area (TPSA) is 37.2 Å². The molecule has 2 aromatic rings. The van der Waals surface area contributed by atoms with Crippen molar-refractivity contribution in [2.75, 3.05) is 17.2 Å². The van der Waals surface area contributed by atoms with E-state index in [0.717, 1.165) is 30.1 Å². The largest absolute Gasteiger partial charge is 0.467 e. The Balaban J connectivity index is 1.91. The Labute approximate surface area is 94.5 Å². The molecule has 0 radical (unpaired) electrons. The van der Waals surface area contributed by atoms with Gasteiger partial charge in [-0.3, -0.25) is 0 Å². The van der Waals surface area contributed by atoms with E-state index in [0.29, 0.717) is 0 Å². The van der Waals surface area contributed by atoms with E-state index in [1.807, 2.05) is 24.3 Å². The first kappa shape index (κ1) is 9.33. The summed E-state index contributed by atoms with van der Waals surface area (Å²) in [6.45, 7) is 0.954. The van der Waals surface area contributed by atoms with E-state index in [2.05, 4.69) is 22.8 Å². The Kier molecular flexibility index (Phi) is 2.29. The number of hydrogen-bond donors (Lipinski definition) is 2. The van der Waals surface area contributed by atoms with Gasteiger partial charge in [0.05, 0.1) is 23.7 Å². The molecule has 1 aliphatic rings. The van der Waals surface area contributed by atoms with Crippen LogP contribution in [0.1, 0.15) is 18.2 Å². The lowest BCUT2D eigenvalue weighted by Crippen LogP contribution is -2.09. The van der Waals surface area contributed by atoms with Crippen molar-refractivity contribution < 1.29 is 4.42 Å². The number of para-hydroxylation sites is 2. The van der Waals surface area contributed by atoms with Gasteiger partial charge < -0.3 is 15.1 Å². The normalized spacial score (nSPS) is 19.1. The summed E-state index contributed by atoms with van der Waals surface area (Å²) in [4.78, 5) is 0. The van der Waals surface area contributed by atoms with Gasteiger partial charge in [-0.15, -0.1) is 0 Å². The monoisotopic (exact) mass is 214 g/mol. The van der Waals surface area contributed by atoms with Crippen molar-refractivity contribution >= 4 is 11.4 Å². The highest BCUT2D eigenvalue weighted by atomic mass is 16.3. The zero-order chi connectivity index (χ0) is 10.8. The first-order chi connectivity index (χ1) is 7.93. The predicted molar refractivity (Wildman–Crippen MR) is 64.6 cm³/mol. The SMILES string of the molecule is c1coc([C@@H]2CCNc3ccccc3N2)c1. The minimum absolute atomic E-state index is 0.256. The van der Waals surface area contributed by atoms with E-state index in [4.69, 9.17) is 4.42 Å². The fraction of sp³-hybridized carbons (Fsp3) is 0.231. The summed E-state index contributed by atoms with van der Waals surface area (Å²) >= 11 is 0. The van der Waals surface area contributed by atoms with Crippen molar-refractivity contribution in [3.8, 4) is 0 Å². The number of rotatable bonds is 1. The molecule has 0 amide bonds. The molecule has 0 unspecified atom stereocenters. The van der Waals surface area contributed by atoms with Gasteiger partial charge in [-0.2, -0.15) is 0 Å². The van der Waals surface area contributed by atoms with Gasteiger partial charge in [0.2, 0.25) is 0 Å². The molecule has 1 aromatic heterocycles. The van der Waals surface area contributed by atoms with Crippen LogP contribution in [0, 0.1) is 0 Å². The Bertz CT molecular complexity index is 465. The van der Waals surface area contributed by atoms with Crippen LogP contribution in [0.5, 0.6) is 0 Å². The molecule has 82 valence electrons. The van der Waals surface area contributed by atoms with Crippen molar-refractivity contribution in [3.05, 3.63) is 48.4 Å². The van der Waals surface area contributed by atoms with Crippen molar-refractivity contribution in [1.82, 2.24) is 0 Å². The molecule has 1 atom stereocenters. The quantitative estimate of drug-likeness (QED) is 0.765. The Morgan fingerprint density at radius 2 is 1.94 bits per heavy atom. The summed E-state index contributed by atoms with van der Waals surface area (Å²) in [6.07, 6.45) is 2.74. The number of nitrogens with one attached hydrogen (secondary N) is 2. The van der Waals surface area contributed by atoms with Gasteiger partial charge in [0.15, 0.2) is 0 Å². The third kappa shape index (κ3) is 1.65. The lowest BCUT2D eigenvalue weighted by Gasteiger charge is -2.14. The number of hydrogen-bond acceptors (Lipinski definition) is 3. The first-order valence-electron chi connectivity index (χ1n) is 5.56. The van der Waals surface area contributed by atoms with Crippen LogP contribution >= 0.6 is 0 Å². The third-order valence-corrected chi connectivity index (χ3v) is 2.89. The number of benzene rings is 1. The molecule has 3 nitrogen and oxygen atoms in total. The molecule has 2 heterocycles. The molecule has 16 heavy (non-hydrogen) atoms. The summed E-state index contributed by atoms with van der Waals surface area (Å²) in [5.41, 5.74) is 2.30. The van der Waals surface area contributed by atoms with Crippen molar-refractivity contribution in [2.45, 2.75) is 12.5 Å². The molecule has 0 spiro atoms. The Morgan fingerprint density at radius 1 is 1.06 bits per heavy atom. The van der Waals surface area contributed by atoms with Crippen LogP contribution in [0.4, 0.5) is 11.4 Å². The zero-order valence-corrected chi connectivity index (χ0v) is 8.94. The van der Waals surface area contributed by atoms with E-state index in [1.165, 1.54) is 0 Å². The number of fused-ring (bicyclic) bond motifs is 1. The van der Waals surface area contributed by atoms with E-state index >= 15 is 0 Å². The van der Waals surface area contributed by atoms with Gasteiger partial charge in [-0.05, 0) is 30.7 Å². The highest BCUT2D eigenvalue weighted by molar-refractivity contribution is 5.69. The molecular formula is C13H14N2O. The zero-order valence-electron chi connectivity index (χ0n) is 8.94. The highest BCUT2D eigenvalue weighted by Gasteiger charge is 2.18. The molecule has 0 aliphatic carbocycles. The summed E-state index contributed by atoms with van der Waals surface area (Å²) in [5.74, 6) is 0.999. The van der Waals surface area contributed by atoms with Crippen LogP contribution < -0.4 is 10.6 Å². The van der Waals surface area contributed by atoms with Crippen LogP contribution in [0.15, 0.2) is 47.1 Å². The maximum absolute atomic E-state index is 5.45. The maximum Gasteiger partial charge on any atom is 0.126 e. The second kappa shape index (κ2) is 3.93. The van der Waals surface area contributed by atoms with Crippen molar-refractivity contribution in [3.63, 3.8) is 0 Å². The molecule has 2 N–H and O–H groups in total. The lowest BCUT2D eigenvalue weighted by molar-refractivity contribution is 0.472. The van der Waals surface area contributed by atoms with Gasteiger partial charge in [-0.1, -0.05) is 12.1 Å². The molecule has 0 bridgehead atoms. The van der Waals surface area contributed by atoms with E-state index in [1.54, 1.807) is 6.26 Å². The first-order valence-corrected chi connectivity index (χ1v) is 5.56. The smallest absolute Gasteiger partial charge is 0.126 e. The lowest BCUT2D eigenvalue weighted by atomic mass is 10.1. The minimum atomic E-state index is 0.256. The van der Waals surface area contributed by atoms with Gasteiger partial charge >= 0.3 is 0 Å². The highest BCUT2D eigenvalue weighted by Crippen LogP contribution is 2.31. The van der Waals surface area contributed by atoms with Gasteiger partial charge in [0.1, 0.15) is 5.76 Å². The number of anilines is 2. The molecule has 3 rings (SSSR count). The van der Waals surface area contributed by atoms with Gasteiger partial charge in [0.25, 0.3) is 0 Å². The molecule has 0 fully saturated rings. The molecule has 0 saturated heterocycles. The minimum Gasteiger partial charge on any atom is -0.467 e. The second-order valence-corrected chi connectivity index (χ2v) is 3.97. The molecular weight excluding hydrogens is 200 g/mol. The van der Waals surface area contributed by atoms with Crippen LogP contribution in [0.25, 0.3) is 0 Å². The summed E-state index contributed by atoms with van der Waals surface area (Å²) in [7, 11) is 0. The molecule has 1 aliphatic heterocycles. The second-order valence-electron chi connectivity index (χ2n) is 3.97. The van der Waals surface area contributed by atoms with Crippen molar-refractivity contribution in [1.29, 1.82) is 0 Å². The maximum atomic E-state index is 5.45. The molecule has 3 heteroatoms. The third-order valence-electron chi connectivity index (χ3n) is 2.89. The van der Waals surface area contributed by atoms with Gasteiger partial charge in [-0.25, -0.2) is 0 Å². The van der Waals surface area contributed by atoms with Crippen molar-refractivity contribution in [2.24, 2.45) is 0 Å². The molecule has 0 saturated carbocycles. The molecule has 1 aromatic carbocycles. The standard InChI is InChI=1S/C13H14N2O/c1-2-5-11-10(4-1)14-8-7-12(15-11)13-6-3-9-16-13/h1-6,9,12,14-15H,7-8H2/t12-/m0/s1. The fourth-order valence-corrected chi connectivity index (χ4v) is 2.08. The average Bonchev–Trinajstić information content (AvgIpc) is 2.75.